The number of ether oxygens (including phenoxy) is 2. The molecule has 0 aliphatic carbocycles. The van der Waals surface area contributed by atoms with Crippen LogP contribution < -0.4 is 4.90 Å². The molecule has 3 aromatic carbocycles. The van der Waals surface area contributed by atoms with E-state index in [0.29, 0.717) is 49.3 Å². The minimum atomic E-state index is -0.768. The summed E-state index contributed by atoms with van der Waals surface area (Å²) in [6.07, 6.45) is 2.13. The van der Waals surface area contributed by atoms with Gasteiger partial charge in [0, 0.05) is 25.3 Å². The third-order valence-electron chi connectivity index (χ3n) is 9.28. The van der Waals surface area contributed by atoms with Crippen LogP contribution in [0.4, 0.5) is 5.69 Å². The minimum Gasteiger partial charge on any atom is -0.378 e. The first-order valence-electron chi connectivity index (χ1n) is 15.0. The van der Waals surface area contributed by atoms with Gasteiger partial charge in [-0.05, 0) is 67.7 Å². The molecule has 0 saturated carbocycles. The van der Waals surface area contributed by atoms with Crippen molar-refractivity contribution in [1.82, 2.24) is 9.80 Å². The highest BCUT2D eigenvalue weighted by Crippen LogP contribution is 2.41. The van der Waals surface area contributed by atoms with Crippen LogP contribution in [0.1, 0.15) is 30.4 Å². The number of benzene rings is 3. The molecule has 3 aliphatic rings. The molecule has 7 nitrogen and oxygen atoms in total. The fourth-order valence-electron chi connectivity index (χ4n) is 6.71. The first kappa shape index (κ1) is 30.1. The average molecular weight is 623 g/mol. The first-order chi connectivity index (χ1) is 20.9. The Balaban J connectivity index is 1.22. The normalized spacial score (nSPS) is 22.9. The monoisotopic (exact) mass is 621 g/mol. The summed E-state index contributed by atoms with van der Waals surface area (Å²) in [6, 6.07) is 25.5. The quantitative estimate of drug-likeness (QED) is 0.347. The van der Waals surface area contributed by atoms with E-state index in [9.17, 15) is 9.59 Å². The third-order valence-corrected chi connectivity index (χ3v) is 10.0. The van der Waals surface area contributed by atoms with Gasteiger partial charge in [0.1, 0.15) is 12.2 Å². The Morgan fingerprint density at radius 2 is 1.49 bits per heavy atom. The molecule has 3 saturated heterocycles. The van der Waals surface area contributed by atoms with Crippen LogP contribution in [-0.4, -0.2) is 80.7 Å². The number of morpholine rings is 2. The van der Waals surface area contributed by atoms with Crippen molar-refractivity contribution in [3.05, 3.63) is 100 Å². The summed E-state index contributed by atoms with van der Waals surface area (Å²) >= 11 is 12.8. The van der Waals surface area contributed by atoms with E-state index in [-0.39, 0.29) is 18.4 Å². The number of nitrogens with zero attached hydrogens (tertiary/aromatic N) is 3. The van der Waals surface area contributed by atoms with Gasteiger partial charge >= 0.3 is 0 Å². The summed E-state index contributed by atoms with van der Waals surface area (Å²) in [7, 11) is 0. The van der Waals surface area contributed by atoms with Crippen LogP contribution in [0.15, 0.2) is 78.9 Å². The largest absolute Gasteiger partial charge is 0.378 e. The molecule has 0 radical (unpaired) electrons. The molecular formula is C34H37Cl2N3O4. The second kappa shape index (κ2) is 13.0. The van der Waals surface area contributed by atoms with Gasteiger partial charge < -0.3 is 24.2 Å². The maximum absolute atomic E-state index is 14.1. The van der Waals surface area contributed by atoms with E-state index in [1.165, 1.54) is 0 Å². The number of hydrogen-bond donors (Lipinski definition) is 0. The highest BCUT2D eigenvalue weighted by atomic mass is 35.5. The molecule has 43 heavy (non-hydrogen) atoms. The summed E-state index contributed by atoms with van der Waals surface area (Å²) in [5, 5.41) is 0.933. The van der Waals surface area contributed by atoms with E-state index in [1.807, 2.05) is 70.5 Å². The molecule has 0 spiro atoms. The highest BCUT2D eigenvalue weighted by Gasteiger charge is 2.47. The van der Waals surface area contributed by atoms with E-state index in [4.69, 9.17) is 32.7 Å². The first-order valence-corrected chi connectivity index (χ1v) is 15.8. The Bertz CT molecular complexity index is 1430. The number of hydrogen-bond acceptors (Lipinski definition) is 5. The zero-order valence-corrected chi connectivity index (χ0v) is 25.7. The van der Waals surface area contributed by atoms with Gasteiger partial charge in [0.2, 0.25) is 5.91 Å². The topological polar surface area (TPSA) is 62.3 Å². The maximum Gasteiger partial charge on any atom is 0.253 e. The van der Waals surface area contributed by atoms with Crippen LogP contribution in [0.25, 0.3) is 0 Å². The SMILES string of the molecule is O=C1COC(CCN2CCC(C(=O)N3CCOCC3)(c3ccccc3)CC2)(c2ccc(Cl)c(Cl)c2)CN1c1ccccc1. The van der Waals surface area contributed by atoms with Crippen molar-refractivity contribution >= 4 is 40.7 Å². The summed E-state index contributed by atoms with van der Waals surface area (Å²) < 4.78 is 12.0. The fraction of sp³-hybridized carbons (Fsp3) is 0.412. The van der Waals surface area contributed by atoms with Crippen molar-refractivity contribution in [2.45, 2.75) is 30.3 Å². The Morgan fingerprint density at radius 3 is 2.16 bits per heavy atom. The molecule has 1 atom stereocenters. The predicted octanol–water partition coefficient (Wildman–Crippen LogP) is 5.53. The van der Waals surface area contributed by atoms with Crippen molar-refractivity contribution in [3.8, 4) is 0 Å². The van der Waals surface area contributed by atoms with E-state index in [1.54, 1.807) is 6.07 Å². The van der Waals surface area contributed by atoms with E-state index in [0.717, 1.165) is 49.3 Å². The van der Waals surface area contributed by atoms with Crippen molar-refractivity contribution in [2.24, 2.45) is 0 Å². The Labute approximate surface area is 263 Å². The Kier molecular flexibility index (Phi) is 9.08. The Hall–Kier alpha value is -2.94. The lowest BCUT2D eigenvalue weighted by Crippen LogP contribution is -2.56. The van der Waals surface area contributed by atoms with Gasteiger partial charge in [-0.2, -0.15) is 0 Å². The molecule has 1 unspecified atom stereocenters. The molecule has 3 aromatic rings. The molecule has 9 heteroatoms. The van der Waals surface area contributed by atoms with Crippen LogP contribution in [-0.2, 0) is 30.1 Å². The van der Waals surface area contributed by atoms with Crippen LogP contribution in [0, 0.1) is 0 Å². The van der Waals surface area contributed by atoms with Crippen molar-refractivity contribution in [2.75, 3.05) is 64.0 Å². The number of amides is 2. The van der Waals surface area contributed by atoms with Crippen molar-refractivity contribution in [1.29, 1.82) is 0 Å². The van der Waals surface area contributed by atoms with Gasteiger partial charge in [0.25, 0.3) is 5.91 Å². The zero-order valence-electron chi connectivity index (χ0n) is 24.2. The minimum absolute atomic E-state index is 0.0275. The molecule has 0 N–H and O–H groups in total. The summed E-state index contributed by atoms with van der Waals surface area (Å²) in [6.45, 7) is 5.09. The molecule has 3 aliphatic heterocycles. The van der Waals surface area contributed by atoms with Crippen LogP contribution in [0.2, 0.25) is 10.0 Å². The van der Waals surface area contributed by atoms with Crippen LogP contribution in [0.5, 0.6) is 0 Å². The smallest absolute Gasteiger partial charge is 0.253 e. The number of halogens is 2. The highest BCUT2D eigenvalue weighted by molar-refractivity contribution is 6.42. The van der Waals surface area contributed by atoms with Crippen LogP contribution >= 0.6 is 23.2 Å². The molecule has 3 fully saturated rings. The molecule has 226 valence electrons. The number of para-hydroxylation sites is 1. The number of likely N-dealkylation sites (tertiary alicyclic amines) is 1. The standard InChI is InChI=1S/C34H37Cl2N3O4/c35-29-12-11-27(23-30(29)36)34(25-39(31(40)24-43-34)28-9-5-2-6-10-28)15-18-37-16-13-33(14-17-37,26-7-3-1-4-8-26)32(41)38-19-21-42-22-20-38/h1-12,23H,13-22,24-25H2. The predicted molar refractivity (Wildman–Crippen MR) is 169 cm³/mol. The lowest BCUT2D eigenvalue weighted by molar-refractivity contribution is -0.144. The lowest BCUT2D eigenvalue weighted by atomic mass is 9.71. The number of piperidine rings is 1. The maximum atomic E-state index is 14.1. The molecule has 0 aromatic heterocycles. The van der Waals surface area contributed by atoms with Gasteiger partial charge in [0.15, 0.2) is 0 Å². The van der Waals surface area contributed by atoms with Crippen LogP contribution in [0.3, 0.4) is 0 Å². The Morgan fingerprint density at radius 1 is 0.814 bits per heavy atom. The third kappa shape index (κ3) is 6.19. The van der Waals surface area contributed by atoms with Gasteiger partial charge in [0.05, 0.1) is 35.2 Å². The molecule has 0 bridgehead atoms. The summed E-state index contributed by atoms with van der Waals surface area (Å²) in [4.78, 5) is 33.3. The lowest BCUT2D eigenvalue weighted by Gasteiger charge is -2.46. The number of carbonyl (C=O) groups is 2. The number of anilines is 1. The van der Waals surface area contributed by atoms with E-state index < -0.39 is 11.0 Å². The van der Waals surface area contributed by atoms with E-state index in [2.05, 4.69) is 17.0 Å². The van der Waals surface area contributed by atoms with Gasteiger partial charge in [-0.25, -0.2) is 0 Å². The fourth-order valence-corrected chi connectivity index (χ4v) is 7.01. The number of rotatable bonds is 7. The van der Waals surface area contributed by atoms with Gasteiger partial charge in [-0.15, -0.1) is 0 Å². The summed E-state index contributed by atoms with van der Waals surface area (Å²) in [5.74, 6) is 0.135. The van der Waals surface area contributed by atoms with Gasteiger partial charge in [-0.3, -0.25) is 9.59 Å². The average Bonchev–Trinajstić information content (AvgIpc) is 3.07. The summed E-state index contributed by atoms with van der Waals surface area (Å²) in [5.41, 5.74) is 1.51. The van der Waals surface area contributed by atoms with Crippen molar-refractivity contribution in [3.63, 3.8) is 0 Å². The van der Waals surface area contributed by atoms with Gasteiger partial charge in [-0.1, -0.05) is 77.8 Å². The molecule has 2 amide bonds. The molecule has 6 rings (SSSR count). The second-order valence-corrected chi connectivity index (χ2v) is 12.5. The molecule has 3 heterocycles. The molecular weight excluding hydrogens is 585 g/mol. The van der Waals surface area contributed by atoms with E-state index >= 15 is 0 Å². The zero-order chi connectivity index (χ0) is 29.9. The van der Waals surface area contributed by atoms with Crippen molar-refractivity contribution < 1.29 is 19.1 Å². The number of carbonyl (C=O) groups excluding carboxylic acids is 2. The second-order valence-electron chi connectivity index (χ2n) is 11.7.